The first-order valence-electron chi connectivity index (χ1n) is 16.4. The molecule has 0 aromatic rings. The zero-order chi connectivity index (χ0) is 31.2. The van der Waals surface area contributed by atoms with E-state index in [1.807, 2.05) is 39.1 Å². The minimum atomic E-state index is -0.158. The van der Waals surface area contributed by atoms with E-state index in [2.05, 4.69) is 49.4 Å². The molecule has 1 saturated carbocycles. The number of allylic oxidation sites excluding steroid dienone is 5. The molecule has 0 radical (unpaired) electrons. The molecule has 6 heteroatoms. The van der Waals surface area contributed by atoms with Gasteiger partial charge in [-0.25, -0.2) is 0 Å². The lowest BCUT2D eigenvalue weighted by Crippen LogP contribution is -2.35. The number of carbonyl (C=O) groups is 2. The van der Waals surface area contributed by atoms with E-state index >= 15 is 0 Å². The maximum atomic E-state index is 11.9. The van der Waals surface area contributed by atoms with Gasteiger partial charge in [-0.05, 0) is 114 Å². The van der Waals surface area contributed by atoms with Crippen molar-refractivity contribution in [2.75, 3.05) is 32.6 Å². The smallest absolute Gasteiger partial charge is 0.235 e. The summed E-state index contributed by atoms with van der Waals surface area (Å²) >= 11 is 0. The molecule has 4 aliphatic rings. The summed E-state index contributed by atoms with van der Waals surface area (Å²) in [5, 5.41) is 6.05. The highest BCUT2D eigenvalue weighted by Gasteiger charge is 2.49. The quantitative estimate of drug-likeness (QED) is 0.128. The van der Waals surface area contributed by atoms with Gasteiger partial charge in [0.05, 0.1) is 11.5 Å². The Bertz CT molecular complexity index is 887. The van der Waals surface area contributed by atoms with Crippen molar-refractivity contribution in [3.05, 3.63) is 54.5 Å². The molecule has 4 fully saturated rings. The normalized spacial score (nSPS) is 26.1. The second kappa shape index (κ2) is 22.7. The van der Waals surface area contributed by atoms with Crippen molar-refractivity contribution in [1.29, 1.82) is 0 Å². The van der Waals surface area contributed by atoms with Gasteiger partial charge >= 0.3 is 0 Å². The molecule has 0 aromatic carbocycles. The molecule has 4 rings (SSSR count). The summed E-state index contributed by atoms with van der Waals surface area (Å²) in [4.78, 5) is 22.5. The molecule has 0 aromatic heterocycles. The van der Waals surface area contributed by atoms with E-state index in [0.717, 1.165) is 71.0 Å². The van der Waals surface area contributed by atoms with Crippen molar-refractivity contribution >= 4 is 20.8 Å². The zero-order valence-electron chi connectivity index (χ0n) is 27.4. The molecular weight excluding hydrogens is 539 g/mol. The highest BCUT2D eigenvalue weighted by Crippen LogP contribution is 2.50. The standard InChI is InChI=1S/C12H20O.C11H16NOP.C9H17NO.C4H8/c1-3-4-5-6-11(2)12-7-9-13-10-8-12;1-3-8-9(4-2)12-10(13)11(8)5-6-14-7-11;1-10-9(7-11)8-5-3-2-4-6-8;1-3-4-2/h4,11-12H,1,5-10H2,2H3;3-4,14H,5-7H2,1-2H3,(H,12,13);7-10H,2-6H2,1H3;3H,1,4H2,2H3/b;8-3+,9-4+;;. The number of nitrogens with one attached hydrogen (secondary N) is 2. The number of rotatable bonds is 8. The van der Waals surface area contributed by atoms with Crippen LogP contribution in [0.25, 0.3) is 0 Å². The Hall–Kier alpha value is -1.77. The second-order valence-corrected chi connectivity index (χ2v) is 13.2. The molecule has 3 heterocycles. The SMILES string of the molecule is C/C=C1\C(=C/C)NC(=O)C12CCPC2.C=C=CCCC(C)C1CCOCC1.C=CCC.CNC(C=O)C1CCCCC1. The van der Waals surface area contributed by atoms with Gasteiger partial charge in [0.1, 0.15) is 6.29 Å². The average Bonchev–Trinajstić information content (AvgIpc) is 3.64. The maximum absolute atomic E-state index is 11.9. The minimum Gasteiger partial charge on any atom is -0.381 e. The van der Waals surface area contributed by atoms with Crippen molar-refractivity contribution < 1.29 is 14.3 Å². The predicted octanol–water partition coefficient (Wildman–Crippen LogP) is 8.14. The molecule has 0 bridgehead atoms. The zero-order valence-corrected chi connectivity index (χ0v) is 28.4. The van der Waals surface area contributed by atoms with Gasteiger partial charge in [0.15, 0.2) is 0 Å². The van der Waals surface area contributed by atoms with E-state index in [1.54, 1.807) is 0 Å². The van der Waals surface area contributed by atoms with E-state index in [-0.39, 0.29) is 17.4 Å². The molecule has 1 amide bonds. The number of carbonyl (C=O) groups excluding carboxylic acids is 2. The van der Waals surface area contributed by atoms with Gasteiger partial charge in [-0.1, -0.05) is 57.9 Å². The molecule has 1 aliphatic carbocycles. The summed E-state index contributed by atoms with van der Waals surface area (Å²) < 4.78 is 5.35. The number of amides is 1. The summed E-state index contributed by atoms with van der Waals surface area (Å²) in [5.74, 6) is 2.54. The minimum absolute atomic E-state index is 0.107. The predicted molar refractivity (Wildman–Crippen MR) is 182 cm³/mol. The number of hydrogen-bond donors (Lipinski definition) is 2. The van der Waals surface area contributed by atoms with Gasteiger partial charge in [0, 0.05) is 18.9 Å². The third-order valence-electron chi connectivity index (χ3n) is 9.13. The lowest BCUT2D eigenvalue weighted by atomic mass is 9.80. The van der Waals surface area contributed by atoms with Crippen molar-refractivity contribution in [2.45, 2.75) is 104 Å². The molecule has 42 heavy (non-hydrogen) atoms. The van der Waals surface area contributed by atoms with Crippen LogP contribution in [-0.2, 0) is 14.3 Å². The molecule has 4 atom stereocenters. The third-order valence-corrected chi connectivity index (χ3v) is 10.6. The van der Waals surface area contributed by atoms with Crippen LogP contribution in [0.3, 0.4) is 0 Å². The summed E-state index contributed by atoms with van der Waals surface area (Å²) in [6.07, 6.45) is 24.8. The third kappa shape index (κ3) is 12.5. The molecule has 238 valence electrons. The fourth-order valence-corrected chi connectivity index (χ4v) is 8.08. The van der Waals surface area contributed by atoms with Gasteiger partial charge in [-0.3, -0.25) is 4.79 Å². The van der Waals surface area contributed by atoms with Gasteiger partial charge in [0.25, 0.3) is 0 Å². The van der Waals surface area contributed by atoms with Crippen molar-refractivity contribution in [3.8, 4) is 0 Å². The second-order valence-electron chi connectivity index (χ2n) is 11.8. The number of hydrogen-bond acceptors (Lipinski definition) is 4. The van der Waals surface area contributed by atoms with Crippen molar-refractivity contribution in [1.82, 2.24) is 10.6 Å². The number of likely N-dealkylation sites (N-methyl/N-ethyl adjacent to an activating group) is 1. The highest BCUT2D eigenvalue weighted by atomic mass is 31.1. The monoisotopic (exact) mass is 600 g/mol. The van der Waals surface area contributed by atoms with Crippen LogP contribution in [0.1, 0.15) is 98.3 Å². The van der Waals surface area contributed by atoms with Gasteiger partial charge in [-0.2, -0.15) is 0 Å². The summed E-state index contributed by atoms with van der Waals surface area (Å²) in [5.41, 5.74) is 4.93. The van der Waals surface area contributed by atoms with Crippen LogP contribution in [0.4, 0.5) is 0 Å². The van der Waals surface area contributed by atoms with E-state index in [9.17, 15) is 9.59 Å². The topological polar surface area (TPSA) is 67.4 Å². The van der Waals surface area contributed by atoms with E-state index in [0.29, 0.717) is 5.92 Å². The fraction of sp³-hybridized carbons (Fsp3) is 0.694. The Kier molecular flexibility index (Phi) is 20.7. The Morgan fingerprint density at radius 1 is 1.14 bits per heavy atom. The lowest BCUT2D eigenvalue weighted by molar-refractivity contribution is -0.125. The Morgan fingerprint density at radius 3 is 2.29 bits per heavy atom. The lowest BCUT2D eigenvalue weighted by Gasteiger charge is -2.27. The van der Waals surface area contributed by atoms with Crippen LogP contribution in [0.5, 0.6) is 0 Å². The molecule has 2 N–H and O–H groups in total. The van der Waals surface area contributed by atoms with Gasteiger partial charge in [0.2, 0.25) is 5.91 Å². The number of aldehydes is 1. The number of ether oxygens (including phenoxy) is 1. The largest absolute Gasteiger partial charge is 0.381 e. The van der Waals surface area contributed by atoms with Crippen LogP contribution < -0.4 is 10.6 Å². The summed E-state index contributed by atoms with van der Waals surface area (Å²) in [7, 11) is 2.82. The first-order valence-corrected chi connectivity index (χ1v) is 17.8. The maximum Gasteiger partial charge on any atom is 0.235 e. The van der Waals surface area contributed by atoms with Crippen LogP contribution in [-0.4, -0.2) is 50.8 Å². The summed E-state index contributed by atoms with van der Waals surface area (Å²) in [6, 6.07) is 0.107. The van der Waals surface area contributed by atoms with Gasteiger partial charge < -0.3 is 20.2 Å². The fourth-order valence-electron chi connectivity index (χ4n) is 6.34. The summed E-state index contributed by atoms with van der Waals surface area (Å²) in [6.45, 7) is 17.4. The van der Waals surface area contributed by atoms with E-state index < -0.39 is 0 Å². The Labute approximate surface area is 260 Å². The van der Waals surface area contributed by atoms with Crippen LogP contribution in [0.15, 0.2) is 54.5 Å². The molecule has 1 spiro atoms. The van der Waals surface area contributed by atoms with E-state index in [4.69, 9.17) is 4.74 Å². The Morgan fingerprint density at radius 2 is 1.81 bits per heavy atom. The first kappa shape index (κ1) is 38.3. The average molecular weight is 601 g/mol. The van der Waals surface area contributed by atoms with Crippen molar-refractivity contribution in [2.24, 2.45) is 23.2 Å². The Balaban J connectivity index is 0.000000298. The molecule has 3 saturated heterocycles. The molecule has 5 nitrogen and oxygen atoms in total. The first-order chi connectivity index (χ1) is 20.4. The van der Waals surface area contributed by atoms with Crippen LogP contribution in [0.2, 0.25) is 0 Å². The van der Waals surface area contributed by atoms with Crippen molar-refractivity contribution in [3.63, 3.8) is 0 Å². The van der Waals surface area contributed by atoms with Gasteiger partial charge in [-0.15, -0.1) is 20.9 Å². The molecular formula is C36H61N2O3P. The van der Waals surface area contributed by atoms with Crippen LogP contribution >= 0.6 is 8.58 Å². The molecule has 4 unspecified atom stereocenters. The highest BCUT2D eigenvalue weighted by molar-refractivity contribution is 7.38. The molecule has 3 aliphatic heterocycles. The van der Waals surface area contributed by atoms with E-state index in [1.165, 1.54) is 63.1 Å². The van der Waals surface area contributed by atoms with Crippen LogP contribution in [0, 0.1) is 23.2 Å².